The van der Waals surface area contributed by atoms with Crippen LogP contribution >= 0.6 is 0 Å². The molecular formula is C11H16N4O2. The quantitative estimate of drug-likeness (QED) is 0.616. The summed E-state index contributed by atoms with van der Waals surface area (Å²) < 4.78 is 0. The molecule has 1 aromatic rings. The fourth-order valence-electron chi connectivity index (χ4n) is 2.17. The first-order valence-corrected chi connectivity index (χ1v) is 5.64. The minimum Gasteiger partial charge on any atom is -0.352 e. The van der Waals surface area contributed by atoms with Gasteiger partial charge in [0.2, 0.25) is 0 Å². The van der Waals surface area contributed by atoms with Crippen LogP contribution in [0.4, 0.5) is 11.5 Å². The zero-order chi connectivity index (χ0) is 12.6. The van der Waals surface area contributed by atoms with Crippen molar-refractivity contribution in [2.24, 2.45) is 5.73 Å². The van der Waals surface area contributed by atoms with Crippen LogP contribution in [0, 0.1) is 17.0 Å². The highest BCUT2D eigenvalue weighted by Gasteiger charge is 2.29. The second-order valence-electron chi connectivity index (χ2n) is 4.47. The molecule has 1 aliphatic heterocycles. The van der Waals surface area contributed by atoms with Crippen LogP contribution < -0.4 is 10.6 Å². The molecule has 2 atom stereocenters. The number of nitrogens with two attached hydrogens (primary N) is 1. The van der Waals surface area contributed by atoms with Crippen LogP contribution in [0.5, 0.6) is 0 Å². The van der Waals surface area contributed by atoms with E-state index in [2.05, 4.69) is 16.8 Å². The number of hydrogen-bond donors (Lipinski definition) is 1. The molecule has 0 saturated carbocycles. The van der Waals surface area contributed by atoms with Gasteiger partial charge in [-0.2, -0.15) is 0 Å². The average molecular weight is 236 g/mol. The largest absolute Gasteiger partial charge is 0.352 e. The Balaban J connectivity index is 2.29. The van der Waals surface area contributed by atoms with Crippen molar-refractivity contribution in [3.63, 3.8) is 0 Å². The number of aryl methyl sites for hydroxylation is 1. The molecule has 0 radical (unpaired) electrons. The lowest BCUT2D eigenvalue weighted by atomic mass is 10.1. The monoisotopic (exact) mass is 236 g/mol. The molecule has 1 aliphatic rings. The molecular weight excluding hydrogens is 220 g/mol. The fraction of sp³-hybridized carbons (Fsp3) is 0.545. The molecule has 92 valence electrons. The van der Waals surface area contributed by atoms with Gasteiger partial charge in [0.15, 0.2) is 0 Å². The Morgan fingerprint density at radius 2 is 2.35 bits per heavy atom. The van der Waals surface area contributed by atoms with Crippen LogP contribution in [0.1, 0.15) is 18.9 Å². The first kappa shape index (κ1) is 11.8. The minimum atomic E-state index is -0.411. The maximum absolute atomic E-state index is 10.7. The molecule has 2 heterocycles. The van der Waals surface area contributed by atoms with E-state index in [1.54, 1.807) is 13.0 Å². The van der Waals surface area contributed by atoms with E-state index in [-0.39, 0.29) is 17.8 Å². The lowest BCUT2D eigenvalue weighted by molar-refractivity contribution is -0.385. The Morgan fingerprint density at radius 1 is 1.65 bits per heavy atom. The zero-order valence-electron chi connectivity index (χ0n) is 9.96. The Hall–Kier alpha value is -1.69. The van der Waals surface area contributed by atoms with Crippen molar-refractivity contribution in [2.45, 2.75) is 32.4 Å². The second-order valence-corrected chi connectivity index (χ2v) is 4.47. The molecule has 17 heavy (non-hydrogen) atoms. The maximum Gasteiger partial charge on any atom is 0.290 e. The summed E-state index contributed by atoms with van der Waals surface area (Å²) in [6.45, 7) is 4.63. The van der Waals surface area contributed by atoms with E-state index in [1.807, 2.05) is 0 Å². The van der Waals surface area contributed by atoms with E-state index in [9.17, 15) is 10.1 Å². The van der Waals surface area contributed by atoms with Crippen molar-refractivity contribution in [2.75, 3.05) is 11.4 Å². The molecule has 1 saturated heterocycles. The number of hydrogen-bond acceptors (Lipinski definition) is 5. The van der Waals surface area contributed by atoms with Crippen LogP contribution in [0.3, 0.4) is 0 Å². The summed E-state index contributed by atoms with van der Waals surface area (Å²) in [6.07, 6.45) is 2.25. The summed E-state index contributed by atoms with van der Waals surface area (Å²) in [7, 11) is 0. The number of nitro groups is 1. The summed E-state index contributed by atoms with van der Waals surface area (Å²) in [4.78, 5) is 16.5. The van der Waals surface area contributed by atoms with E-state index in [4.69, 9.17) is 5.73 Å². The standard InChI is InChI=1S/C11H16N4O2/c1-7-5-11(13-6-10(7)15(16)17)14-4-3-9(12)8(14)2/h5-6,8-9H,3-4,12H2,1-2H3. The van der Waals surface area contributed by atoms with Gasteiger partial charge >= 0.3 is 0 Å². The molecule has 0 bridgehead atoms. The van der Waals surface area contributed by atoms with Gasteiger partial charge in [-0.25, -0.2) is 4.98 Å². The van der Waals surface area contributed by atoms with E-state index < -0.39 is 4.92 Å². The summed E-state index contributed by atoms with van der Waals surface area (Å²) in [5.41, 5.74) is 6.64. The molecule has 2 rings (SSSR count). The number of rotatable bonds is 2. The summed E-state index contributed by atoms with van der Waals surface area (Å²) >= 11 is 0. The average Bonchev–Trinajstić information content (AvgIpc) is 2.59. The van der Waals surface area contributed by atoms with Crippen LogP contribution in [0.15, 0.2) is 12.3 Å². The highest BCUT2D eigenvalue weighted by atomic mass is 16.6. The fourth-order valence-corrected chi connectivity index (χ4v) is 2.17. The van der Waals surface area contributed by atoms with Gasteiger partial charge in [-0.15, -0.1) is 0 Å². The Morgan fingerprint density at radius 3 is 2.82 bits per heavy atom. The third-order valence-electron chi connectivity index (χ3n) is 3.37. The topological polar surface area (TPSA) is 85.3 Å². The lowest BCUT2D eigenvalue weighted by Gasteiger charge is -2.24. The molecule has 0 spiro atoms. The molecule has 6 nitrogen and oxygen atoms in total. The molecule has 2 N–H and O–H groups in total. The van der Waals surface area contributed by atoms with Crippen molar-refractivity contribution >= 4 is 11.5 Å². The second kappa shape index (κ2) is 4.29. The number of pyridine rings is 1. The van der Waals surface area contributed by atoms with E-state index in [0.29, 0.717) is 5.56 Å². The normalized spacial score (nSPS) is 24.1. The molecule has 0 amide bonds. The number of nitrogens with zero attached hydrogens (tertiary/aromatic N) is 3. The van der Waals surface area contributed by atoms with Gasteiger partial charge in [0.25, 0.3) is 5.69 Å². The van der Waals surface area contributed by atoms with E-state index in [1.165, 1.54) is 6.20 Å². The minimum absolute atomic E-state index is 0.0601. The van der Waals surface area contributed by atoms with Gasteiger partial charge in [-0.05, 0) is 26.3 Å². The first-order chi connectivity index (χ1) is 8.00. The van der Waals surface area contributed by atoms with Gasteiger partial charge < -0.3 is 10.6 Å². The number of aromatic nitrogens is 1. The predicted octanol–water partition coefficient (Wildman–Crippen LogP) is 1.22. The molecule has 0 aliphatic carbocycles. The van der Waals surface area contributed by atoms with Crippen LogP contribution in [-0.4, -0.2) is 28.5 Å². The summed E-state index contributed by atoms with van der Waals surface area (Å²) in [5, 5.41) is 10.7. The highest BCUT2D eigenvalue weighted by molar-refractivity contribution is 5.50. The highest BCUT2D eigenvalue weighted by Crippen LogP contribution is 2.26. The van der Waals surface area contributed by atoms with E-state index >= 15 is 0 Å². The maximum atomic E-state index is 10.7. The van der Waals surface area contributed by atoms with Crippen molar-refractivity contribution in [3.8, 4) is 0 Å². The first-order valence-electron chi connectivity index (χ1n) is 5.64. The van der Waals surface area contributed by atoms with Gasteiger partial charge in [0.05, 0.1) is 4.92 Å². The van der Waals surface area contributed by atoms with Gasteiger partial charge in [-0.3, -0.25) is 10.1 Å². The SMILES string of the molecule is Cc1cc(N2CCC(N)C2C)ncc1[N+](=O)[O-]. The van der Waals surface area contributed by atoms with E-state index in [0.717, 1.165) is 18.8 Å². The number of anilines is 1. The van der Waals surface area contributed by atoms with Gasteiger partial charge in [0, 0.05) is 24.2 Å². The van der Waals surface area contributed by atoms with Crippen molar-refractivity contribution < 1.29 is 4.92 Å². The van der Waals surface area contributed by atoms with Crippen LogP contribution in [0.25, 0.3) is 0 Å². The van der Waals surface area contributed by atoms with Crippen LogP contribution in [0.2, 0.25) is 0 Å². The van der Waals surface area contributed by atoms with Gasteiger partial charge in [-0.1, -0.05) is 0 Å². The Bertz CT molecular complexity index is 449. The summed E-state index contributed by atoms with van der Waals surface area (Å²) in [5.74, 6) is 0.772. The Labute approximate surface area is 99.6 Å². The molecule has 0 aromatic carbocycles. The lowest BCUT2D eigenvalue weighted by Crippen LogP contribution is -2.37. The van der Waals surface area contributed by atoms with Crippen molar-refractivity contribution in [3.05, 3.63) is 27.9 Å². The van der Waals surface area contributed by atoms with Crippen LogP contribution in [-0.2, 0) is 0 Å². The van der Waals surface area contributed by atoms with Crippen molar-refractivity contribution in [1.29, 1.82) is 0 Å². The third-order valence-corrected chi connectivity index (χ3v) is 3.37. The van der Waals surface area contributed by atoms with Crippen molar-refractivity contribution in [1.82, 2.24) is 4.98 Å². The summed E-state index contributed by atoms with van der Waals surface area (Å²) in [6, 6.07) is 2.13. The molecule has 2 unspecified atom stereocenters. The molecule has 1 aromatic heterocycles. The molecule has 6 heteroatoms. The van der Waals surface area contributed by atoms with Gasteiger partial charge in [0.1, 0.15) is 12.0 Å². The zero-order valence-corrected chi connectivity index (χ0v) is 9.96. The third kappa shape index (κ3) is 2.08. The Kier molecular flexibility index (Phi) is 2.97. The predicted molar refractivity (Wildman–Crippen MR) is 65.0 cm³/mol. The smallest absolute Gasteiger partial charge is 0.290 e. The molecule has 1 fully saturated rings.